The number of hydrogen-bond donors (Lipinski definition) is 0. The summed E-state index contributed by atoms with van der Waals surface area (Å²) in [7, 11) is 0. The van der Waals surface area contributed by atoms with E-state index >= 15 is 0 Å². The fraction of sp³-hybridized carbons (Fsp3) is 0.583. The molecular weight excluding hydrogens is 252 g/mol. The second kappa shape index (κ2) is 5.95. The van der Waals surface area contributed by atoms with Gasteiger partial charge in [-0.15, -0.1) is 11.3 Å². The van der Waals surface area contributed by atoms with Gasteiger partial charge in [-0.1, -0.05) is 0 Å². The van der Waals surface area contributed by atoms with E-state index < -0.39 is 6.04 Å². The lowest BCUT2D eigenvalue weighted by Gasteiger charge is -2.33. The summed E-state index contributed by atoms with van der Waals surface area (Å²) in [4.78, 5) is 29.7. The van der Waals surface area contributed by atoms with E-state index in [-0.39, 0.29) is 11.9 Å². The minimum absolute atomic E-state index is 0.172. The van der Waals surface area contributed by atoms with E-state index in [0.29, 0.717) is 25.3 Å². The molecule has 2 rings (SSSR count). The second-order valence-corrected chi connectivity index (χ2v) is 4.85. The molecule has 5 nitrogen and oxygen atoms in total. The number of ether oxygens (including phenoxy) is 1. The van der Waals surface area contributed by atoms with Crippen molar-refractivity contribution in [2.24, 2.45) is 0 Å². The number of likely N-dealkylation sites (tertiary alicyclic amines) is 1. The zero-order chi connectivity index (χ0) is 13.0. The van der Waals surface area contributed by atoms with Gasteiger partial charge in [0.15, 0.2) is 0 Å². The molecule has 1 aliphatic rings. The number of carbonyl (C=O) groups excluding carboxylic acids is 2. The highest BCUT2D eigenvalue weighted by Crippen LogP contribution is 2.20. The van der Waals surface area contributed by atoms with Crippen molar-refractivity contribution in [3.63, 3.8) is 0 Å². The van der Waals surface area contributed by atoms with E-state index in [2.05, 4.69) is 4.98 Å². The summed E-state index contributed by atoms with van der Waals surface area (Å²) in [6, 6.07) is -0.451. The monoisotopic (exact) mass is 268 g/mol. The number of piperidine rings is 1. The number of esters is 1. The number of rotatable bonds is 3. The van der Waals surface area contributed by atoms with Crippen molar-refractivity contribution >= 4 is 23.2 Å². The highest BCUT2D eigenvalue weighted by atomic mass is 32.1. The molecule has 2 heterocycles. The average Bonchev–Trinajstić information content (AvgIpc) is 2.92. The molecule has 1 fully saturated rings. The molecule has 1 aliphatic heterocycles. The average molecular weight is 268 g/mol. The van der Waals surface area contributed by atoms with Gasteiger partial charge in [-0.2, -0.15) is 0 Å². The summed E-state index contributed by atoms with van der Waals surface area (Å²) in [5, 5.41) is 1.71. The standard InChI is InChI=1S/C12H16N2O3S/c1-2-17-12(16)10-5-3-4-6-14(10)11(15)9-7-18-8-13-9/h7-8,10H,2-6H2,1H3. The molecule has 18 heavy (non-hydrogen) atoms. The number of thiazole rings is 1. The van der Waals surface area contributed by atoms with Crippen molar-refractivity contribution < 1.29 is 14.3 Å². The van der Waals surface area contributed by atoms with Gasteiger partial charge >= 0.3 is 5.97 Å². The molecule has 1 aromatic rings. The fourth-order valence-electron chi connectivity index (χ4n) is 2.12. The molecule has 1 atom stereocenters. The first-order valence-electron chi connectivity index (χ1n) is 6.09. The molecule has 0 saturated carbocycles. The Labute approximate surface area is 110 Å². The van der Waals surface area contributed by atoms with Crippen LogP contribution in [0.25, 0.3) is 0 Å². The van der Waals surface area contributed by atoms with Crippen molar-refractivity contribution in [1.29, 1.82) is 0 Å². The predicted octanol–water partition coefficient (Wildman–Crippen LogP) is 1.70. The Morgan fingerprint density at radius 2 is 2.39 bits per heavy atom. The molecular formula is C12H16N2O3S. The van der Waals surface area contributed by atoms with Crippen LogP contribution < -0.4 is 0 Å². The number of amides is 1. The van der Waals surface area contributed by atoms with Crippen LogP contribution in [0.4, 0.5) is 0 Å². The van der Waals surface area contributed by atoms with E-state index in [1.54, 1.807) is 22.7 Å². The molecule has 1 saturated heterocycles. The van der Waals surface area contributed by atoms with E-state index in [9.17, 15) is 9.59 Å². The van der Waals surface area contributed by atoms with Gasteiger partial charge in [-0.25, -0.2) is 9.78 Å². The van der Waals surface area contributed by atoms with Crippen molar-refractivity contribution in [2.75, 3.05) is 13.2 Å². The van der Waals surface area contributed by atoms with Crippen LogP contribution >= 0.6 is 11.3 Å². The third kappa shape index (κ3) is 2.69. The Morgan fingerprint density at radius 1 is 1.56 bits per heavy atom. The normalized spacial score (nSPS) is 19.6. The van der Waals surface area contributed by atoms with Gasteiger partial charge in [0.1, 0.15) is 11.7 Å². The van der Waals surface area contributed by atoms with Crippen LogP contribution in [-0.4, -0.2) is 41.0 Å². The Balaban J connectivity index is 2.12. The lowest BCUT2D eigenvalue weighted by molar-refractivity contribution is -0.149. The summed E-state index contributed by atoms with van der Waals surface area (Å²) < 4.78 is 5.03. The molecule has 1 amide bonds. The largest absolute Gasteiger partial charge is 0.464 e. The molecule has 1 unspecified atom stereocenters. The minimum Gasteiger partial charge on any atom is -0.464 e. The van der Waals surface area contributed by atoms with Crippen LogP contribution in [0.15, 0.2) is 10.9 Å². The molecule has 98 valence electrons. The molecule has 0 aliphatic carbocycles. The highest BCUT2D eigenvalue weighted by Gasteiger charge is 2.34. The minimum atomic E-state index is -0.451. The Kier molecular flexibility index (Phi) is 4.30. The quantitative estimate of drug-likeness (QED) is 0.783. The Morgan fingerprint density at radius 3 is 3.06 bits per heavy atom. The SMILES string of the molecule is CCOC(=O)C1CCCCN1C(=O)c1cscn1. The number of hydrogen-bond acceptors (Lipinski definition) is 5. The van der Waals surface area contributed by atoms with Gasteiger partial charge in [0, 0.05) is 11.9 Å². The first-order chi connectivity index (χ1) is 8.74. The zero-order valence-electron chi connectivity index (χ0n) is 10.3. The first kappa shape index (κ1) is 13.0. The van der Waals surface area contributed by atoms with E-state index in [1.807, 2.05) is 0 Å². The molecule has 0 bridgehead atoms. The van der Waals surface area contributed by atoms with Crippen molar-refractivity contribution in [3.8, 4) is 0 Å². The first-order valence-corrected chi connectivity index (χ1v) is 7.04. The zero-order valence-corrected chi connectivity index (χ0v) is 11.1. The number of aromatic nitrogens is 1. The van der Waals surface area contributed by atoms with Crippen LogP contribution in [0.1, 0.15) is 36.7 Å². The van der Waals surface area contributed by atoms with Gasteiger partial charge in [0.2, 0.25) is 0 Å². The molecule has 0 N–H and O–H groups in total. The molecule has 0 radical (unpaired) electrons. The van der Waals surface area contributed by atoms with Crippen molar-refractivity contribution in [1.82, 2.24) is 9.88 Å². The van der Waals surface area contributed by atoms with Gasteiger partial charge in [0.25, 0.3) is 5.91 Å². The van der Waals surface area contributed by atoms with E-state index in [4.69, 9.17) is 4.74 Å². The maximum absolute atomic E-state index is 12.2. The third-order valence-electron chi connectivity index (χ3n) is 2.97. The van der Waals surface area contributed by atoms with Gasteiger partial charge in [-0.3, -0.25) is 4.79 Å². The fourth-order valence-corrected chi connectivity index (χ4v) is 2.65. The number of nitrogens with zero attached hydrogens (tertiary/aromatic N) is 2. The van der Waals surface area contributed by atoms with Gasteiger partial charge < -0.3 is 9.64 Å². The van der Waals surface area contributed by atoms with Crippen molar-refractivity contribution in [3.05, 3.63) is 16.6 Å². The van der Waals surface area contributed by atoms with Crippen LogP contribution in [-0.2, 0) is 9.53 Å². The summed E-state index contributed by atoms with van der Waals surface area (Å²) in [6.45, 7) is 2.71. The van der Waals surface area contributed by atoms with Crippen LogP contribution in [0.3, 0.4) is 0 Å². The summed E-state index contributed by atoms with van der Waals surface area (Å²) >= 11 is 1.38. The lowest BCUT2D eigenvalue weighted by Crippen LogP contribution is -2.48. The van der Waals surface area contributed by atoms with E-state index in [1.165, 1.54) is 11.3 Å². The molecule has 1 aromatic heterocycles. The van der Waals surface area contributed by atoms with Gasteiger partial charge in [-0.05, 0) is 26.2 Å². The Bertz CT molecular complexity index is 419. The second-order valence-electron chi connectivity index (χ2n) is 4.14. The molecule has 6 heteroatoms. The summed E-state index contributed by atoms with van der Waals surface area (Å²) in [6.07, 6.45) is 2.55. The third-order valence-corrected chi connectivity index (χ3v) is 3.56. The predicted molar refractivity (Wildman–Crippen MR) is 67.4 cm³/mol. The molecule has 0 spiro atoms. The smallest absolute Gasteiger partial charge is 0.328 e. The summed E-state index contributed by atoms with van der Waals surface area (Å²) in [5.74, 6) is -0.477. The topological polar surface area (TPSA) is 59.5 Å². The lowest BCUT2D eigenvalue weighted by atomic mass is 10.0. The maximum Gasteiger partial charge on any atom is 0.328 e. The van der Waals surface area contributed by atoms with Crippen molar-refractivity contribution in [2.45, 2.75) is 32.2 Å². The highest BCUT2D eigenvalue weighted by molar-refractivity contribution is 7.07. The van der Waals surface area contributed by atoms with Crippen LogP contribution in [0.5, 0.6) is 0 Å². The Hall–Kier alpha value is -1.43. The van der Waals surface area contributed by atoms with Gasteiger partial charge in [0.05, 0.1) is 12.1 Å². The maximum atomic E-state index is 12.2. The van der Waals surface area contributed by atoms with Crippen LogP contribution in [0.2, 0.25) is 0 Å². The van der Waals surface area contributed by atoms with E-state index in [0.717, 1.165) is 12.8 Å². The summed E-state index contributed by atoms with van der Waals surface area (Å²) in [5.41, 5.74) is 2.03. The van der Waals surface area contributed by atoms with Crippen LogP contribution in [0, 0.1) is 0 Å². The number of carbonyl (C=O) groups is 2. The molecule has 0 aromatic carbocycles.